The monoisotopic (exact) mass is 291 g/mol. The Morgan fingerprint density at radius 3 is 3.00 bits per heavy atom. The van der Waals surface area contributed by atoms with Crippen LogP contribution in [0.25, 0.3) is 0 Å². The fraction of sp³-hybridized carbons (Fsp3) is 0.250. The summed E-state index contributed by atoms with van der Waals surface area (Å²) in [5.74, 6) is 0.873. The van der Waals surface area contributed by atoms with Crippen LogP contribution in [0.5, 0.6) is 5.75 Å². The van der Waals surface area contributed by atoms with Crippen LogP contribution in [0.15, 0.2) is 22.7 Å². The summed E-state index contributed by atoms with van der Waals surface area (Å²) in [6.07, 6.45) is 0. The number of hydroxylamine groups is 1. The highest BCUT2D eigenvalue weighted by atomic mass is 79.9. The minimum Gasteiger partial charge on any atom is -0.407 e. The Morgan fingerprint density at radius 1 is 1.50 bits per heavy atom. The lowest BCUT2D eigenvalue weighted by molar-refractivity contribution is 0.189. The summed E-state index contributed by atoms with van der Waals surface area (Å²) >= 11 is 6.93. The third-order valence-electron chi connectivity index (χ3n) is 1.80. The topological polar surface area (TPSA) is 21.3 Å². The third kappa shape index (κ3) is 1.28. The van der Waals surface area contributed by atoms with Gasteiger partial charge >= 0.3 is 0 Å². The number of hydrogen-bond donors (Lipinski definition) is 1. The first kappa shape index (κ1) is 8.53. The average Bonchev–Trinajstić information content (AvgIpc) is 2.28. The molecule has 0 radical (unpaired) electrons. The lowest BCUT2D eigenvalue weighted by Gasteiger charge is -2.12. The molecule has 0 aromatic heterocycles. The molecule has 0 saturated carbocycles. The molecule has 1 aliphatic heterocycles. The van der Waals surface area contributed by atoms with E-state index in [0.717, 1.165) is 15.8 Å². The smallest absolute Gasteiger partial charge is 0.153 e. The second kappa shape index (κ2) is 2.72. The van der Waals surface area contributed by atoms with E-state index in [9.17, 15) is 0 Å². The molecule has 0 aliphatic carbocycles. The van der Waals surface area contributed by atoms with Gasteiger partial charge in [-0.1, -0.05) is 31.9 Å². The molecule has 1 N–H and O–H groups in total. The van der Waals surface area contributed by atoms with Gasteiger partial charge in [0.2, 0.25) is 0 Å². The minimum atomic E-state index is -0.272. The molecule has 1 atom stereocenters. The third-order valence-corrected chi connectivity index (χ3v) is 2.88. The number of alkyl halides is 1. The van der Waals surface area contributed by atoms with Gasteiger partial charge in [-0.15, -0.1) is 5.48 Å². The van der Waals surface area contributed by atoms with E-state index in [1.54, 1.807) is 0 Å². The molecule has 0 bridgehead atoms. The predicted octanol–water partition coefficient (Wildman–Crippen LogP) is 2.91. The van der Waals surface area contributed by atoms with Gasteiger partial charge in [0.05, 0.1) is 0 Å². The maximum Gasteiger partial charge on any atom is 0.153 e. The molecule has 1 aliphatic rings. The molecule has 1 unspecified atom stereocenters. The van der Waals surface area contributed by atoms with Crippen molar-refractivity contribution in [2.45, 2.75) is 11.4 Å². The van der Waals surface area contributed by atoms with Crippen molar-refractivity contribution >= 4 is 31.9 Å². The molecule has 0 amide bonds. The first-order valence-corrected chi connectivity index (χ1v) is 5.11. The van der Waals surface area contributed by atoms with Crippen LogP contribution in [0.2, 0.25) is 0 Å². The Hall–Kier alpha value is -0.0600. The zero-order valence-electron chi connectivity index (χ0n) is 6.40. The van der Waals surface area contributed by atoms with Crippen LogP contribution >= 0.6 is 31.9 Å². The second-order valence-corrected chi connectivity index (χ2v) is 5.35. The molecular weight excluding hydrogens is 286 g/mol. The summed E-state index contributed by atoms with van der Waals surface area (Å²) in [5, 5.41) is 0. The summed E-state index contributed by atoms with van der Waals surface area (Å²) in [7, 11) is 0. The fourth-order valence-electron chi connectivity index (χ4n) is 1.16. The summed E-state index contributed by atoms with van der Waals surface area (Å²) in [5.41, 5.74) is 3.99. The summed E-state index contributed by atoms with van der Waals surface area (Å²) in [6.45, 7) is 2.01. The SMILES string of the molecule is CC1(Br)NOc2ccc(Br)cc21. The molecule has 12 heavy (non-hydrogen) atoms. The first-order valence-electron chi connectivity index (χ1n) is 3.52. The Balaban J connectivity index is 2.57. The van der Waals surface area contributed by atoms with Crippen LogP contribution in [0, 0.1) is 0 Å². The van der Waals surface area contributed by atoms with Crippen molar-refractivity contribution in [1.82, 2.24) is 5.48 Å². The fourth-order valence-corrected chi connectivity index (χ4v) is 1.92. The van der Waals surface area contributed by atoms with Crippen LogP contribution in [0.4, 0.5) is 0 Å². The second-order valence-electron chi connectivity index (χ2n) is 2.85. The first-order chi connectivity index (χ1) is 5.59. The molecule has 2 rings (SSSR count). The quantitative estimate of drug-likeness (QED) is 0.586. The minimum absolute atomic E-state index is 0.272. The van der Waals surface area contributed by atoms with Crippen molar-refractivity contribution in [2.24, 2.45) is 0 Å². The number of rotatable bonds is 0. The van der Waals surface area contributed by atoms with E-state index in [4.69, 9.17) is 4.84 Å². The maximum absolute atomic E-state index is 5.25. The van der Waals surface area contributed by atoms with Crippen LogP contribution < -0.4 is 10.3 Å². The molecule has 1 aromatic rings. The summed E-state index contributed by atoms with van der Waals surface area (Å²) in [4.78, 5) is 5.25. The van der Waals surface area contributed by atoms with Crippen LogP contribution in [-0.4, -0.2) is 0 Å². The molecule has 2 nitrogen and oxygen atoms in total. The number of fused-ring (bicyclic) bond motifs is 1. The van der Waals surface area contributed by atoms with Gasteiger partial charge < -0.3 is 4.84 Å². The van der Waals surface area contributed by atoms with E-state index in [-0.39, 0.29) is 4.45 Å². The number of halogens is 2. The van der Waals surface area contributed by atoms with Crippen molar-refractivity contribution in [3.8, 4) is 5.75 Å². The van der Waals surface area contributed by atoms with E-state index in [1.807, 2.05) is 25.1 Å². The van der Waals surface area contributed by atoms with Gasteiger partial charge in [0.25, 0.3) is 0 Å². The van der Waals surface area contributed by atoms with E-state index < -0.39 is 0 Å². The Bertz CT molecular complexity index is 325. The molecule has 1 heterocycles. The van der Waals surface area contributed by atoms with E-state index in [2.05, 4.69) is 37.3 Å². The Labute approximate surface area is 87.5 Å². The van der Waals surface area contributed by atoms with Crippen molar-refractivity contribution in [3.63, 3.8) is 0 Å². The van der Waals surface area contributed by atoms with E-state index >= 15 is 0 Å². The standard InChI is InChI=1S/C8H7Br2NO/c1-8(10)6-4-5(9)2-3-7(6)12-11-8/h2-4,11H,1H3. The number of nitrogens with one attached hydrogen (secondary N) is 1. The zero-order valence-corrected chi connectivity index (χ0v) is 9.57. The van der Waals surface area contributed by atoms with Gasteiger partial charge in [0.15, 0.2) is 5.75 Å². The van der Waals surface area contributed by atoms with Gasteiger partial charge in [-0.3, -0.25) is 0 Å². The van der Waals surface area contributed by atoms with Gasteiger partial charge in [-0.2, -0.15) is 0 Å². The summed E-state index contributed by atoms with van der Waals surface area (Å²) in [6, 6.07) is 5.91. The number of benzene rings is 1. The molecular formula is C8H7Br2NO. The zero-order chi connectivity index (χ0) is 8.77. The summed E-state index contributed by atoms with van der Waals surface area (Å²) < 4.78 is 0.783. The molecule has 0 fully saturated rings. The lowest BCUT2D eigenvalue weighted by atomic mass is 10.1. The highest BCUT2D eigenvalue weighted by molar-refractivity contribution is 9.10. The van der Waals surface area contributed by atoms with Crippen LogP contribution in [0.3, 0.4) is 0 Å². The van der Waals surface area contributed by atoms with Gasteiger partial charge in [0.1, 0.15) is 4.45 Å². The highest BCUT2D eigenvalue weighted by Crippen LogP contribution is 2.40. The Kier molecular flexibility index (Phi) is 1.93. The predicted molar refractivity (Wildman–Crippen MR) is 54.2 cm³/mol. The molecule has 0 spiro atoms. The number of hydrogen-bond acceptors (Lipinski definition) is 2. The molecule has 1 aromatic carbocycles. The van der Waals surface area contributed by atoms with Crippen molar-refractivity contribution in [1.29, 1.82) is 0 Å². The van der Waals surface area contributed by atoms with Crippen molar-refractivity contribution in [2.75, 3.05) is 0 Å². The molecule has 64 valence electrons. The van der Waals surface area contributed by atoms with E-state index in [0.29, 0.717) is 0 Å². The van der Waals surface area contributed by atoms with Crippen LogP contribution in [-0.2, 0) is 4.45 Å². The maximum atomic E-state index is 5.25. The average molecular weight is 293 g/mol. The molecule has 4 heteroatoms. The van der Waals surface area contributed by atoms with E-state index in [1.165, 1.54) is 0 Å². The largest absolute Gasteiger partial charge is 0.407 e. The highest BCUT2D eigenvalue weighted by Gasteiger charge is 2.33. The van der Waals surface area contributed by atoms with Gasteiger partial charge in [-0.05, 0) is 25.1 Å². The lowest BCUT2D eigenvalue weighted by Crippen LogP contribution is -2.28. The molecule has 0 saturated heterocycles. The Morgan fingerprint density at radius 2 is 2.25 bits per heavy atom. The van der Waals surface area contributed by atoms with Crippen LogP contribution in [0.1, 0.15) is 12.5 Å². The van der Waals surface area contributed by atoms with Crippen molar-refractivity contribution in [3.05, 3.63) is 28.2 Å². The van der Waals surface area contributed by atoms with Crippen molar-refractivity contribution < 1.29 is 4.84 Å². The van der Waals surface area contributed by atoms with Gasteiger partial charge in [-0.25, -0.2) is 0 Å². The normalized spacial score (nSPS) is 26.6. The van der Waals surface area contributed by atoms with Gasteiger partial charge in [0, 0.05) is 10.0 Å².